The zero-order valence-corrected chi connectivity index (χ0v) is 12.7. The van der Waals surface area contributed by atoms with Gasteiger partial charge in [0.25, 0.3) is 0 Å². The van der Waals surface area contributed by atoms with Crippen molar-refractivity contribution in [3.05, 3.63) is 46.8 Å². The predicted octanol–water partition coefficient (Wildman–Crippen LogP) is 5.07. The Kier molecular flexibility index (Phi) is 5.78. The topological polar surface area (TPSA) is 12.0 Å². The van der Waals surface area contributed by atoms with E-state index in [4.69, 9.17) is 0 Å². The second kappa shape index (κ2) is 7.58. The van der Waals surface area contributed by atoms with Crippen molar-refractivity contribution in [2.75, 3.05) is 6.54 Å². The Morgan fingerprint density at radius 3 is 2.80 bits per heavy atom. The highest BCUT2D eigenvalue weighted by molar-refractivity contribution is 5.27. The van der Waals surface area contributed by atoms with E-state index >= 15 is 0 Å². The van der Waals surface area contributed by atoms with Crippen LogP contribution in [0.3, 0.4) is 0 Å². The summed E-state index contributed by atoms with van der Waals surface area (Å²) in [7, 11) is 0. The van der Waals surface area contributed by atoms with Crippen LogP contribution < -0.4 is 5.32 Å². The van der Waals surface area contributed by atoms with Crippen molar-refractivity contribution in [1.82, 2.24) is 5.32 Å². The SMILES string of the molecule is CCCNC(CC1=CCCCC1)c1ccc(C)c(F)c1. The molecule has 0 heterocycles. The second-order valence-electron chi connectivity index (χ2n) is 5.83. The Bertz CT molecular complexity index is 464. The second-order valence-corrected chi connectivity index (χ2v) is 5.83. The van der Waals surface area contributed by atoms with E-state index in [2.05, 4.69) is 24.4 Å². The Morgan fingerprint density at radius 1 is 1.30 bits per heavy atom. The molecule has 20 heavy (non-hydrogen) atoms. The first-order valence-corrected chi connectivity index (χ1v) is 7.88. The third-order valence-corrected chi connectivity index (χ3v) is 4.09. The number of aryl methyl sites for hydroxylation is 1. The van der Waals surface area contributed by atoms with Gasteiger partial charge in [0, 0.05) is 6.04 Å². The van der Waals surface area contributed by atoms with Gasteiger partial charge in [-0.05, 0) is 69.2 Å². The van der Waals surface area contributed by atoms with Crippen LogP contribution in [0.25, 0.3) is 0 Å². The third-order valence-electron chi connectivity index (χ3n) is 4.09. The number of hydrogen-bond acceptors (Lipinski definition) is 1. The van der Waals surface area contributed by atoms with Gasteiger partial charge in [0.15, 0.2) is 0 Å². The molecule has 2 heteroatoms. The van der Waals surface area contributed by atoms with Crippen LogP contribution in [-0.2, 0) is 0 Å². The molecule has 0 saturated carbocycles. The lowest BCUT2D eigenvalue weighted by molar-refractivity contribution is 0.507. The first-order chi connectivity index (χ1) is 9.70. The average molecular weight is 275 g/mol. The fourth-order valence-corrected chi connectivity index (χ4v) is 2.80. The summed E-state index contributed by atoms with van der Waals surface area (Å²) in [5, 5.41) is 3.57. The van der Waals surface area contributed by atoms with E-state index in [1.165, 1.54) is 31.3 Å². The normalized spacial score (nSPS) is 16.9. The van der Waals surface area contributed by atoms with E-state index in [1.807, 2.05) is 13.0 Å². The zero-order chi connectivity index (χ0) is 14.4. The first-order valence-electron chi connectivity index (χ1n) is 7.88. The van der Waals surface area contributed by atoms with Crippen LogP contribution in [0.5, 0.6) is 0 Å². The molecule has 1 N–H and O–H groups in total. The highest BCUT2D eigenvalue weighted by atomic mass is 19.1. The molecule has 0 bridgehead atoms. The summed E-state index contributed by atoms with van der Waals surface area (Å²) in [6.07, 6.45) is 9.53. The molecule has 1 nitrogen and oxygen atoms in total. The van der Waals surface area contributed by atoms with Gasteiger partial charge in [-0.3, -0.25) is 0 Å². The summed E-state index contributed by atoms with van der Waals surface area (Å²) in [5.41, 5.74) is 3.33. The highest BCUT2D eigenvalue weighted by Gasteiger charge is 2.15. The van der Waals surface area contributed by atoms with E-state index in [0.717, 1.165) is 30.5 Å². The van der Waals surface area contributed by atoms with Crippen molar-refractivity contribution >= 4 is 0 Å². The van der Waals surface area contributed by atoms with Crippen molar-refractivity contribution in [3.63, 3.8) is 0 Å². The van der Waals surface area contributed by atoms with Crippen LogP contribution in [0, 0.1) is 12.7 Å². The summed E-state index contributed by atoms with van der Waals surface area (Å²) < 4.78 is 13.8. The molecule has 0 aromatic heterocycles. The van der Waals surface area contributed by atoms with Gasteiger partial charge in [0.1, 0.15) is 5.82 Å². The van der Waals surface area contributed by atoms with Crippen LogP contribution >= 0.6 is 0 Å². The fraction of sp³-hybridized carbons (Fsp3) is 0.556. The highest BCUT2D eigenvalue weighted by Crippen LogP contribution is 2.28. The number of allylic oxidation sites excluding steroid dienone is 1. The van der Waals surface area contributed by atoms with E-state index in [0.29, 0.717) is 0 Å². The fourth-order valence-electron chi connectivity index (χ4n) is 2.80. The molecule has 1 unspecified atom stereocenters. The maximum Gasteiger partial charge on any atom is 0.126 e. The smallest absolute Gasteiger partial charge is 0.126 e. The molecule has 0 saturated heterocycles. The lowest BCUT2D eigenvalue weighted by Gasteiger charge is -2.23. The molecule has 0 amide bonds. The Labute approximate surface area is 122 Å². The van der Waals surface area contributed by atoms with Crippen LogP contribution in [0.15, 0.2) is 29.8 Å². The number of benzene rings is 1. The van der Waals surface area contributed by atoms with Gasteiger partial charge < -0.3 is 5.32 Å². The van der Waals surface area contributed by atoms with Gasteiger partial charge >= 0.3 is 0 Å². The van der Waals surface area contributed by atoms with Gasteiger partial charge in [-0.15, -0.1) is 0 Å². The largest absolute Gasteiger partial charge is 0.310 e. The quantitative estimate of drug-likeness (QED) is 0.715. The molecule has 110 valence electrons. The minimum Gasteiger partial charge on any atom is -0.310 e. The third kappa shape index (κ3) is 4.17. The molecule has 0 spiro atoms. The van der Waals surface area contributed by atoms with Gasteiger partial charge in [-0.2, -0.15) is 0 Å². The number of hydrogen-bond donors (Lipinski definition) is 1. The summed E-state index contributed by atoms with van der Waals surface area (Å²) in [6.45, 7) is 4.96. The van der Waals surface area contributed by atoms with Gasteiger partial charge in [-0.25, -0.2) is 4.39 Å². The lowest BCUT2D eigenvalue weighted by Crippen LogP contribution is -2.23. The predicted molar refractivity (Wildman–Crippen MR) is 83.3 cm³/mol. The van der Waals surface area contributed by atoms with E-state index in [1.54, 1.807) is 6.07 Å². The molecule has 1 aromatic carbocycles. The van der Waals surface area contributed by atoms with Crippen molar-refractivity contribution in [2.45, 2.75) is 58.4 Å². The van der Waals surface area contributed by atoms with Gasteiger partial charge in [0.2, 0.25) is 0 Å². The number of halogens is 1. The maximum absolute atomic E-state index is 13.8. The summed E-state index contributed by atoms with van der Waals surface area (Å²) in [6, 6.07) is 5.90. The first kappa shape index (κ1) is 15.2. The van der Waals surface area contributed by atoms with Crippen LogP contribution in [-0.4, -0.2) is 6.54 Å². The van der Waals surface area contributed by atoms with E-state index in [-0.39, 0.29) is 11.9 Å². The van der Waals surface area contributed by atoms with Crippen molar-refractivity contribution in [2.24, 2.45) is 0 Å². The molecule has 2 rings (SSSR count). The van der Waals surface area contributed by atoms with Crippen LogP contribution in [0.4, 0.5) is 4.39 Å². The molecule has 0 aliphatic heterocycles. The Balaban J connectivity index is 2.12. The molecule has 1 aromatic rings. The zero-order valence-electron chi connectivity index (χ0n) is 12.7. The standard InChI is InChI=1S/C18H26FN/c1-3-11-20-18(12-15-7-5-4-6-8-15)16-10-9-14(2)17(19)13-16/h7,9-10,13,18,20H,3-6,8,11-12H2,1-2H3. The molecule has 1 atom stereocenters. The number of nitrogens with one attached hydrogen (secondary N) is 1. The molecule has 0 fully saturated rings. The molecular formula is C18H26FN. The maximum atomic E-state index is 13.8. The van der Waals surface area contributed by atoms with Crippen molar-refractivity contribution < 1.29 is 4.39 Å². The van der Waals surface area contributed by atoms with Crippen molar-refractivity contribution in [1.29, 1.82) is 0 Å². The summed E-state index contributed by atoms with van der Waals surface area (Å²) >= 11 is 0. The minimum atomic E-state index is -0.0941. The van der Waals surface area contributed by atoms with Crippen LogP contribution in [0.1, 0.15) is 62.6 Å². The van der Waals surface area contributed by atoms with Gasteiger partial charge in [-0.1, -0.05) is 30.7 Å². The monoisotopic (exact) mass is 275 g/mol. The van der Waals surface area contributed by atoms with Crippen molar-refractivity contribution in [3.8, 4) is 0 Å². The van der Waals surface area contributed by atoms with E-state index < -0.39 is 0 Å². The van der Waals surface area contributed by atoms with E-state index in [9.17, 15) is 4.39 Å². The van der Waals surface area contributed by atoms with Gasteiger partial charge in [0.05, 0.1) is 0 Å². The summed E-state index contributed by atoms with van der Waals surface area (Å²) in [5.74, 6) is -0.0941. The Morgan fingerprint density at radius 2 is 2.15 bits per heavy atom. The average Bonchev–Trinajstić information content (AvgIpc) is 2.47. The number of rotatable bonds is 6. The summed E-state index contributed by atoms with van der Waals surface area (Å²) in [4.78, 5) is 0. The molecular weight excluding hydrogens is 249 g/mol. The molecule has 1 aliphatic carbocycles. The minimum absolute atomic E-state index is 0.0941. The Hall–Kier alpha value is -1.15. The van der Waals surface area contributed by atoms with Crippen LogP contribution in [0.2, 0.25) is 0 Å². The molecule has 0 radical (unpaired) electrons. The molecule has 1 aliphatic rings. The lowest BCUT2D eigenvalue weighted by atomic mass is 9.91.